The van der Waals surface area contributed by atoms with E-state index in [0.717, 1.165) is 5.56 Å². The molecule has 0 radical (unpaired) electrons. The van der Waals surface area contributed by atoms with Crippen LogP contribution in [0.5, 0.6) is 0 Å². The summed E-state index contributed by atoms with van der Waals surface area (Å²) < 4.78 is 26.9. The van der Waals surface area contributed by atoms with Gasteiger partial charge in [-0.1, -0.05) is 11.6 Å². The first-order valence-corrected chi connectivity index (χ1v) is 12.1. The Bertz CT molecular complexity index is 931. The molecule has 1 spiro atoms. The van der Waals surface area contributed by atoms with Crippen molar-refractivity contribution in [2.24, 2.45) is 11.3 Å². The van der Waals surface area contributed by atoms with Crippen molar-refractivity contribution in [3.05, 3.63) is 28.8 Å². The number of hydrogen-bond acceptors (Lipinski definition) is 4. The van der Waals surface area contributed by atoms with Crippen LogP contribution in [0, 0.1) is 11.3 Å². The van der Waals surface area contributed by atoms with Crippen molar-refractivity contribution in [1.82, 2.24) is 15.1 Å². The monoisotopic (exact) mass is 478 g/mol. The minimum absolute atomic E-state index is 0.0494. The molecule has 1 atom stereocenters. The van der Waals surface area contributed by atoms with E-state index in [4.69, 9.17) is 17.3 Å². The molecule has 4 rings (SSSR count). The number of rotatable bonds is 5. The Kier molecular flexibility index (Phi) is 6.46. The van der Waals surface area contributed by atoms with E-state index in [0.29, 0.717) is 56.2 Å². The molecule has 0 bridgehead atoms. The Morgan fingerprint density at radius 2 is 1.79 bits per heavy atom. The smallest absolute Gasteiger partial charge is 0.248 e. The number of nitrogens with zero attached hydrogens (tertiary/aromatic N) is 2. The van der Waals surface area contributed by atoms with Gasteiger partial charge >= 0.3 is 0 Å². The molecule has 11 heteroatoms. The number of benzene rings is 1. The normalized spacial score (nSPS) is 24.5. The fourth-order valence-electron chi connectivity index (χ4n) is 5.53. The number of carbonyl (C=O) groups is 2. The summed E-state index contributed by atoms with van der Waals surface area (Å²) in [7, 11) is 4.19. The average Bonchev–Trinajstić information content (AvgIpc) is 3.50. The fraction of sp³-hybridized carbons (Fsp3) is 0.636. The van der Waals surface area contributed by atoms with Gasteiger partial charge in [0.1, 0.15) is 15.7 Å². The Balaban J connectivity index is 1.25. The first kappa shape index (κ1) is 24.3. The Hall–Kier alpha value is -1.80. The SMILES string of the molecule is BC(B)(c1cc(Cl)ccc1N)N1CCN(C(=O)CNC(=O)[C@@H]2CC23CCC(F)(F)CC3)CC1. The summed E-state index contributed by atoms with van der Waals surface area (Å²) in [6, 6.07) is 5.47. The average molecular weight is 479 g/mol. The molecule has 6 nitrogen and oxygen atoms in total. The van der Waals surface area contributed by atoms with Crippen LogP contribution in [-0.2, 0) is 14.9 Å². The van der Waals surface area contributed by atoms with Crippen molar-refractivity contribution in [3.63, 3.8) is 0 Å². The van der Waals surface area contributed by atoms with E-state index >= 15 is 0 Å². The lowest BCUT2D eigenvalue weighted by Gasteiger charge is -2.45. The van der Waals surface area contributed by atoms with Crippen LogP contribution >= 0.6 is 11.6 Å². The van der Waals surface area contributed by atoms with E-state index in [1.165, 1.54) is 0 Å². The fourth-order valence-corrected chi connectivity index (χ4v) is 5.70. The van der Waals surface area contributed by atoms with Crippen molar-refractivity contribution >= 4 is 44.8 Å². The summed E-state index contributed by atoms with van der Waals surface area (Å²) in [5.74, 6) is -3.13. The second-order valence-corrected chi connectivity index (χ2v) is 10.8. The Morgan fingerprint density at radius 3 is 2.42 bits per heavy atom. The Labute approximate surface area is 200 Å². The highest BCUT2D eigenvalue weighted by molar-refractivity contribution is 6.40. The lowest BCUT2D eigenvalue weighted by Crippen LogP contribution is -2.58. The molecule has 1 aliphatic heterocycles. The third-order valence-corrected chi connectivity index (χ3v) is 8.23. The van der Waals surface area contributed by atoms with Gasteiger partial charge in [-0.3, -0.25) is 9.59 Å². The van der Waals surface area contributed by atoms with E-state index in [-0.39, 0.29) is 47.9 Å². The molecular formula is C22H31B2ClF2N4O2. The van der Waals surface area contributed by atoms with Gasteiger partial charge in [-0.05, 0) is 53.8 Å². The summed E-state index contributed by atoms with van der Waals surface area (Å²) in [5.41, 5.74) is 7.57. The largest absolute Gasteiger partial charge is 0.398 e. The van der Waals surface area contributed by atoms with E-state index in [1.54, 1.807) is 11.0 Å². The molecular weight excluding hydrogens is 447 g/mol. The number of halogens is 3. The molecule has 0 aromatic heterocycles. The molecule has 2 amide bonds. The first-order valence-electron chi connectivity index (χ1n) is 11.7. The van der Waals surface area contributed by atoms with Gasteiger partial charge in [-0.25, -0.2) is 8.78 Å². The molecule has 178 valence electrons. The number of alkyl halides is 2. The number of piperazine rings is 1. The van der Waals surface area contributed by atoms with Crippen LogP contribution in [-0.4, -0.2) is 76.0 Å². The van der Waals surface area contributed by atoms with Gasteiger partial charge in [0.05, 0.1) is 6.54 Å². The summed E-state index contributed by atoms with van der Waals surface area (Å²) >= 11 is 6.18. The zero-order chi connectivity index (χ0) is 24.0. The molecule has 0 unspecified atom stereocenters. The number of nitrogens with two attached hydrogens (primary N) is 1. The van der Waals surface area contributed by atoms with Crippen molar-refractivity contribution in [3.8, 4) is 0 Å². The molecule has 2 saturated carbocycles. The number of amides is 2. The zero-order valence-corrected chi connectivity index (χ0v) is 20.1. The van der Waals surface area contributed by atoms with E-state index in [1.807, 2.05) is 12.1 Å². The quantitative estimate of drug-likeness (QED) is 0.484. The Morgan fingerprint density at radius 1 is 1.15 bits per heavy atom. The molecule has 33 heavy (non-hydrogen) atoms. The molecule has 1 heterocycles. The van der Waals surface area contributed by atoms with Gasteiger partial charge in [0.15, 0.2) is 0 Å². The predicted octanol–water partition coefficient (Wildman–Crippen LogP) is 0.775. The number of carbonyl (C=O) groups excluding carboxylic acids is 2. The first-order chi connectivity index (χ1) is 15.4. The van der Waals surface area contributed by atoms with E-state index in [2.05, 4.69) is 25.9 Å². The van der Waals surface area contributed by atoms with Gasteiger partial charge in [-0.2, -0.15) is 0 Å². The summed E-state index contributed by atoms with van der Waals surface area (Å²) in [4.78, 5) is 29.3. The van der Waals surface area contributed by atoms with Crippen LogP contribution in [0.1, 0.15) is 37.7 Å². The second kappa shape index (κ2) is 8.77. The maximum atomic E-state index is 13.4. The van der Waals surface area contributed by atoms with Crippen LogP contribution in [0.2, 0.25) is 5.02 Å². The highest BCUT2D eigenvalue weighted by Gasteiger charge is 2.60. The third-order valence-electron chi connectivity index (χ3n) is 7.99. The van der Waals surface area contributed by atoms with Gasteiger partial charge in [0.2, 0.25) is 17.7 Å². The molecule has 1 aromatic rings. The topological polar surface area (TPSA) is 78.7 Å². The molecule has 1 aromatic carbocycles. The lowest BCUT2D eigenvalue weighted by molar-refractivity contribution is -0.135. The van der Waals surface area contributed by atoms with Crippen molar-refractivity contribution in [2.45, 2.75) is 43.4 Å². The minimum atomic E-state index is -2.60. The molecule has 2 aliphatic carbocycles. The molecule has 3 N–H and O–H groups in total. The van der Waals surface area contributed by atoms with Crippen LogP contribution in [0.15, 0.2) is 18.2 Å². The van der Waals surface area contributed by atoms with Gasteiger partial charge in [-0.15, -0.1) is 0 Å². The van der Waals surface area contributed by atoms with E-state index < -0.39 is 5.92 Å². The maximum Gasteiger partial charge on any atom is 0.248 e. The number of anilines is 1. The van der Waals surface area contributed by atoms with Gasteiger partial charge in [0, 0.05) is 55.6 Å². The lowest BCUT2D eigenvalue weighted by atomic mass is 9.56. The summed E-state index contributed by atoms with van der Waals surface area (Å²) in [5, 5.41) is 3.05. The zero-order valence-electron chi connectivity index (χ0n) is 19.3. The number of nitrogen functional groups attached to an aromatic ring is 1. The predicted molar refractivity (Wildman–Crippen MR) is 130 cm³/mol. The van der Waals surface area contributed by atoms with Crippen LogP contribution in [0.4, 0.5) is 14.5 Å². The van der Waals surface area contributed by atoms with Crippen LogP contribution in [0.25, 0.3) is 0 Å². The maximum absolute atomic E-state index is 13.4. The van der Waals surface area contributed by atoms with Gasteiger partial charge < -0.3 is 20.9 Å². The highest BCUT2D eigenvalue weighted by Crippen LogP contribution is 2.63. The minimum Gasteiger partial charge on any atom is -0.398 e. The molecule has 3 aliphatic rings. The van der Waals surface area contributed by atoms with E-state index in [9.17, 15) is 18.4 Å². The van der Waals surface area contributed by atoms with Crippen molar-refractivity contribution in [1.29, 1.82) is 0 Å². The number of nitrogens with one attached hydrogen (secondary N) is 1. The number of hydrogen-bond donors (Lipinski definition) is 2. The van der Waals surface area contributed by atoms with Crippen LogP contribution in [0.3, 0.4) is 0 Å². The van der Waals surface area contributed by atoms with Crippen LogP contribution < -0.4 is 11.1 Å². The third kappa shape index (κ3) is 5.02. The highest BCUT2D eigenvalue weighted by atomic mass is 35.5. The van der Waals surface area contributed by atoms with Crippen molar-refractivity contribution in [2.75, 3.05) is 38.5 Å². The standard InChI is InChI=1S/C22H31B2ClF2N4O2/c23-22(24,15-11-14(25)1-2-17(15)28)31-9-7-30(8-10-31)18(32)13-29-19(33)16-12-20(16)3-5-21(26,27)6-4-20/h1-2,11,16H,3-10,12-13,23-24,28H2,(H,29,33)/t16-/m0/s1. The molecule has 3 fully saturated rings. The summed E-state index contributed by atoms with van der Waals surface area (Å²) in [6.07, 6.45) is 1.15. The molecule has 1 saturated heterocycles. The second-order valence-electron chi connectivity index (χ2n) is 10.4. The van der Waals surface area contributed by atoms with Crippen molar-refractivity contribution < 1.29 is 18.4 Å². The van der Waals surface area contributed by atoms with Gasteiger partial charge in [0.25, 0.3) is 0 Å². The summed E-state index contributed by atoms with van der Waals surface area (Å²) in [6.45, 7) is 2.42.